The minimum absolute atomic E-state index is 0.0673. The number of rotatable bonds is 7. The molecule has 25 heavy (non-hydrogen) atoms. The molecule has 3 rings (SSSR count). The largest absolute Gasteiger partial charge is 0.341 e. The fourth-order valence-electron chi connectivity index (χ4n) is 3.12. The second kappa shape index (κ2) is 7.43. The zero-order chi connectivity index (χ0) is 18.0. The van der Waals surface area contributed by atoms with Gasteiger partial charge in [0.2, 0.25) is 15.9 Å². The Morgan fingerprint density at radius 2 is 2.00 bits per heavy atom. The zero-order valence-electron chi connectivity index (χ0n) is 14.8. The molecule has 0 radical (unpaired) electrons. The van der Waals surface area contributed by atoms with E-state index in [1.165, 1.54) is 29.9 Å². The van der Waals surface area contributed by atoms with E-state index in [-0.39, 0.29) is 10.8 Å². The number of hydrogen-bond acceptors (Lipinski definition) is 5. The molecule has 9 heteroatoms. The molecule has 0 aromatic carbocycles. The number of piperidine rings is 1. The van der Waals surface area contributed by atoms with Crippen molar-refractivity contribution in [2.45, 2.75) is 49.6 Å². The molecule has 2 heterocycles. The van der Waals surface area contributed by atoms with Crippen LogP contribution < -0.4 is 10.0 Å². The number of carbonyl (C=O) groups is 1. The molecule has 1 amide bonds. The van der Waals surface area contributed by atoms with Gasteiger partial charge in [0.15, 0.2) is 0 Å². The fourth-order valence-corrected chi connectivity index (χ4v) is 4.30. The normalized spacial score (nSPS) is 20.6. The molecule has 0 spiro atoms. The maximum atomic E-state index is 12.6. The van der Waals surface area contributed by atoms with E-state index >= 15 is 0 Å². The smallest absolute Gasteiger partial charge is 0.244 e. The molecular formula is C16H27N5O3S. The van der Waals surface area contributed by atoms with Crippen LogP contribution >= 0.6 is 0 Å². The first-order chi connectivity index (χ1) is 11.8. The van der Waals surface area contributed by atoms with Crippen LogP contribution in [0.5, 0.6) is 0 Å². The Hall–Kier alpha value is -1.45. The monoisotopic (exact) mass is 369 g/mol. The van der Waals surface area contributed by atoms with Crippen molar-refractivity contribution in [2.75, 3.05) is 19.6 Å². The fraction of sp³-hybridized carbons (Fsp3) is 0.750. The number of nitrogens with one attached hydrogen (secondary N) is 2. The minimum atomic E-state index is -3.74. The van der Waals surface area contributed by atoms with Gasteiger partial charge in [0.1, 0.15) is 4.90 Å². The van der Waals surface area contributed by atoms with E-state index in [4.69, 9.17) is 0 Å². The van der Waals surface area contributed by atoms with Gasteiger partial charge in [0.05, 0.1) is 12.2 Å². The van der Waals surface area contributed by atoms with Gasteiger partial charge in [-0.05, 0) is 45.1 Å². The summed E-state index contributed by atoms with van der Waals surface area (Å²) < 4.78 is 28.5. The predicted molar refractivity (Wildman–Crippen MR) is 93.3 cm³/mol. The van der Waals surface area contributed by atoms with E-state index in [0.717, 1.165) is 25.3 Å². The van der Waals surface area contributed by atoms with E-state index in [0.29, 0.717) is 19.1 Å². The maximum Gasteiger partial charge on any atom is 0.244 e. The van der Waals surface area contributed by atoms with Crippen molar-refractivity contribution >= 4 is 15.9 Å². The summed E-state index contributed by atoms with van der Waals surface area (Å²) in [5, 5.41) is 7.44. The first-order valence-corrected chi connectivity index (χ1v) is 10.4. The van der Waals surface area contributed by atoms with Gasteiger partial charge in [-0.15, -0.1) is 0 Å². The summed E-state index contributed by atoms with van der Waals surface area (Å²) in [6.07, 6.45) is 7.19. The van der Waals surface area contributed by atoms with Crippen LogP contribution in [0.25, 0.3) is 0 Å². The Morgan fingerprint density at radius 3 is 2.56 bits per heavy atom. The number of carbonyl (C=O) groups excluding carboxylic acids is 1. The molecule has 140 valence electrons. The van der Waals surface area contributed by atoms with Crippen molar-refractivity contribution in [3.05, 3.63) is 12.4 Å². The summed E-state index contributed by atoms with van der Waals surface area (Å²) in [6, 6.07) is -0.326. The summed E-state index contributed by atoms with van der Waals surface area (Å²) in [5.41, 5.74) is 0. The van der Waals surface area contributed by atoms with Crippen molar-refractivity contribution in [1.82, 2.24) is 24.7 Å². The molecule has 1 unspecified atom stereocenters. The zero-order valence-corrected chi connectivity index (χ0v) is 15.6. The van der Waals surface area contributed by atoms with E-state index in [2.05, 4.69) is 15.1 Å². The highest BCUT2D eigenvalue weighted by Crippen LogP contribution is 2.28. The Balaban J connectivity index is 1.49. The van der Waals surface area contributed by atoms with Gasteiger partial charge < -0.3 is 10.2 Å². The summed E-state index contributed by atoms with van der Waals surface area (Å²) in [4.78, 5) is 14.4. The van der Waals surface area contributed by atoms with Crippen molar-refractivity contribution < 1.29 is 13.2 Å². The number of sulfonamides is 1. The number of nitrogens with zero attached hydrogens (tertiary/aromatic N) is 3. The molecule has 2 aliphatic rings. The number of aromatic nitrogens is 2. The van der Waals surface area contributed by atoms with Gasteiger partial charge >= 0.3 is 0 Å². The maximum absolute atomic E-state index is 12.6. The SMILES string of the molecule is CC(NS(=O)(=O)c1cnn(C)c1)C(=O)N1CCC(NCC2CC2)CC1. The van der Waals surface area contributed by atoms with Gasteiger partial charge in [-0.3, -0.25) is 9.48 Å². The average Bonchev–Trinajstić information content (AvgIpc) is 3.31. The Morgan fingerprint density at radius 1 is 1.32 bits per heavy atom. The average molecular weight is 369 g/mol. The molecule has 2 fully saturated rings. The minimum Gasteiger partial charge on any atom is -0.341 e. The van der Waals surface area contributed by atoms with Crippen LogP contribution in [-0.4, -0.2) is 60.7 Å². The lowest BCUT2D eigenvalue weighted by atomic mass is 10.0. The molecule has 1 saturated carbocycles. The van der Waals surface area contributed by atoms with Crippen molar-refractivity contribution in [3.63, 3.8) is 0 Å². The highest BCUT2D eigenvalue weighted by atomic mass is 32.2. The quantitative estimate of drug-likeness (QED) is 0.709. The molecule has 1 aliphatic carbocycles. The van der Waals surface area contributed by atoms with E-state index in [9.17, 15) is 13.2 Å². The van der Waals surface area contributed by atoms with E-state index in [1.807, 2.05) is 0 Å². The van der Waals surface area contributed by atoms with Crippen LogP contribution in [0.15, 0.2) is 17.3 Å². The molecule has 1 saturated heterocycles. The summed E-state index contributed by atoms with van der Waals surface area (Å²) >= 11 is 0. The van der Waals surface area contributed by atoms with Crippen LogP contribution in [0.4, 0.5) is 0 Å². The molecule has 2 N–H and O–H groups in total. The van der Waals surface area contributed by atoms with Gasteiger partial charge in [0.25, 0.3) is 0 Å². The van der Waals surface area contributed by atoms with Gasteiger partial charge in [0, 0.05) is 32.4 Å². The Bertz CT molecular complexity index is 705. The van der Waals surface area contributed by atoms with E-state index in [1.54, 1.807) is 18.9 Å². The second-order valence-corrected chi connectivity index (χ2v) is 8.86. The number of likely N-dealkylation sites (tertiary alicyclic amines) is 1. The molecule has 8 nitrogen and oxygen atoms in total. The van der Waals surface area contributed by atoms with Crippen molar-refractivity contribution in [3.8, 4) is 0 Å². The third kappa shape index (κ3) is 4.80. The first kappa shape index (κ1) is 18.3. The predicted octanol–water partition coefficient (Wildman–Crippen LogP) is 0.0775. The summed E-state index contributed by atoms with van der Waals surface area (Å²) in [7, 11) is -2.09. The second-order valence-electron chi connectivity index (χ2n) is 7.14. The third-order valence-electron chi connectivity index (χ3n) is 4.89. The number of amides is 1. The Labute approximate surface area is 149 Å². The van der Waals surface area contributed by atoms with Crippen molar-refractivity contribution in [2.24, 2.45) is 13.0 Å². The van der Waals surface area contributed by atoms with Crippen LogP contribution in [0, 0.1) is 5.92 Å². The lowest BCUT2D eigenvalue weighted by Crippen LogP contribution is -2.51. The highest BCUT2D eigenvalue weighted by molar-refractivity contribution is 7.89. The van der Waals surface area contributed by atoms with Crippen LogP contribution in [-0.2, 0) is 21.9 Å². The molecular weight excluding hydrogens is 342 g/mol. The molecule has 1 aromatic rings. The van der Waals surface area contributed by atoms with Gasteiger partial charge in [-0.25, -0.2) is 8.42 Å². The van der Waals surface area contributed by atoms with Gasteiger partial charge in [-0.1, -0.05) is 0 Å². The topological polar surface area (TPSA) is 96.3 Å². The van der Waals surface area contributed by atoms with Crippen molar-refractivity contribution in [1.29, 1.82) is 0 Å². The first-order valence-electron chi connectivity index (χ1n) is 8.88. The lowest BCUT2D eigenvalue weighted by Gasteiger charge is -2.34. The highest BCUT2D eigenvalue weighted by Gasteiger charge is 2.30. The number of aryl methyl sites for hydroxylation is 1. The number of hydrogen-bond donors (Lipinski definition) is 2. The summed E-state index contributed by atoms with van der Waals surface area (Å²) in [5.74, 6) is 0.676. The summed E-state index contributed by atoms with van der Waals surface area (Å²) in [6.45, 7) is 4.01. The third-order valence-corrected chi connectivity index (χ3v) is 6.39. The lowest BCUT2D eigenvalue weighted by molar-refractivity contribution is -0.133. The van der Waals surface area contributed by atoms with Crippen LogP contribution in [0.3, 0.4) is 0 Å². The van der Waals surface area contributed by atoms with Crippen LogP contribution in [0.1, 0.15) is 32.6 Å². The van der Waals surface area contributed by atoms with Crippen LogP contribution in [0.2, 0.25) is 0 Å². The molecule has 1 atom stereocenters. The molecule has 1 aromatic heterocycles. The molecule has 0 bridgehead atoms. The molecule has 1 aliphatic heterocycles. The van der Waals surface area contributed by atoms with E-state index < -0.39 is 16.1 Å². The van der Waals surface area contributed by atoms with Gasteiger partial charge in [-0.2, -0.15) is 9.82 Å². The Kier molecular flexibility index (Phi) is 5.45. The standard InChI is InChI=1S/C16H27N5O3S/c1-12(19-25(23,24)15-10-18-20(2)11-15)16(22)21-7-5-14(6-8-21)17-9-13-3-4-13/h10-14,17,19H,3-9H2,1-2H3.